The molecule has 6 nitrogen and oxygen atoms in total. The van der Waals surface area contributed by atoms with Crippen molar-refractivity contribution in [2.75, 3.05) is 6.61 Å². The van der Waals surface area contributed by atoms with E-state index in [0.717, 1.165) is 6.07 Å². The standard InChI is InChI=1S/C18H15FO6/c1-2-24-18(23)13-8-9-7-11(15(21)16(22)17(9)25-13)14(20)10-5-3-4-6-12(10)19/h3-7,13,21-22H,2,8H2,1H3. The van der Waals surface area contributed by atoms with Gasteiger partial charge in [-0.1, -0.05) is 12.1 Å². The number of rotatable bonds is 4. The topological polar surface area (TPSA) is 93.1 Å². The van der Waals surface area contributed by atoms with E-state index in [4.69, 9.17) is 9.47 Å². The van der Waals surface area contributed by atoms with Crippen molar-refractivity contribution in [2.45, 2.75) is 19.4 Å². The Morgan fingerprint density at radius 1 is 1.24 bits per heavy atom. The fourth-order valence-electron chi connectivity index (χ4n) is 2.69. The van der Waals surface area contributed by atoms with Crippen molar-refractivity contribution in [1.29, 1.82) is 0 Å². The van der Waals surface area contributed by atoms with Gasteiger partial charge in [0.15, 0.2) is 23.4 Å². The molecule has 0 bridgehead atoms. The molecule has 0 fully saturated rings. The molecule has 0 aliphatic carbocycles. The number of carbonyl (C=O) groups excluding carboxylic acids is 2. The van der Waals surface area contributed by atoms with Crippen molar-refractivity contribution >= 4 is 11.8 Å². The van der Waals surface area contributed by atoms with E-state index in [1.54, 1.807) is 6.92 Å². The zero-order valence-electron chi connectivity index (χ0n) is 13.3. The van der Waals surface area contributed by atoms with Gasteiger partial charge in [0.1, 0.15) is 5.82 Å². The van der Waals surface area contributed by atoms with E-state index in [2.05, 4.69) is 0 Å². The molecule has 25 heavy (non-hydrogen) atoms. The van der Waals surface area contributed by atoms with Crippen LogP contribution in [-0.2, 0) is 16.0 Å². The summed E-state index contributed by atoms with van der Waals surface area (Å²) in [6, 6.07) is 6.61. The molecule has 0 saturated carbocycles. The maximum absolute atomic E-state index is 13.8. The molecule has 2 aromatic rings. The fourth-order valence-corrected chi connectivity index (χ4v) is 2.69. The normalized spacial score (nSPS) is 15.4. The lowest BCUT2D eigenvalue weighted by molar-refractivity contribution is -0.150. The molecule has 0 amide bonds. The molecule has 0 saturated heterocycles. The van der Waals surface area contributed by atoms with Crippen LogP contribution in [0.25, 0.3) is 0 Å². The highest BCUT2D eigenvalue weighted by Crippen LogP contribution is 2.46. The first-order chi connectivity index (χ1) is 11.9. The van der Waals surface area contributed by atoms with E-state index >= 15 is 0 Å². The molecular formula is C18H15FO6. The minimum absolute atomic E-state index is 0.0690. The molecule has 1 atom stereocenters. The third-order valence-corrected chi connectivity index (χ3v) is 3.88. The first-order valence-corrected chi connectivity index (χ1v) is 7.64. The number of ether oxygens (including phenoxy) is 2. The van der Waals surface area contributed by atoms with Crippen molar-refractivity contribution in [3.63, 3.8) is 0 Å². The van der Waals surface area contributed by atoms with Crippen molar-refractivity contribution in [3.8, 4) is 17.2 Å². The summed E-state index contributed by atoms with van der Waals surface area (Å²) in [6.07, 6.45) is -0.904. The number of carbonyl (C=O) groups is 2. The number of hydrogen-bond acceptors (Lipinski definition) is 6. The van der Waals surface area contributed by atoms with Gasteiger partial charge in [0.2, 0.25) is 5.75 Å². The lowest BCUT2D eigenvalue weighted by Gasteiger charge is -2.11. The summed E-state index contributed by atoms with van der Waals surface area (Å²) >= 11 is 0. The molecule has 1 aliphatic rings. The Hall–Kier alpha value is -3.09. The van der Waals surface area contributed by atoms with Gasteiger partial charge in [-0.25, -0.2) is 9.18 Å². The summed E-state index contributed by atoms with van der Waals surface area (Å²) in [5.74, 6) is -3.61. The lowest BCUT2D eigenvalue weighted by Crippen LogP contribution is -2.27. The van der Waals surface area contributed by atoms with Gasteiger partial charge >= 0.3 is 5.97 Å². The van der Waals surface area contributed by atoms with Crippen LogP contribution in [-0.4, -0.2) is 34.7 Å². The Morgan fingerprint density at radius 3 is 2.64 bits per heavy atom. The highest BCUT2D eigenvalue weighted by atomic mass is 19.1. The van der Waals surface area contributed by atoms with Gasteiger partial charge in [0.25, 0.3) is 0 Å². The lowest BCUT2D eigenvalue weighted by atomic mass is 9.97. The van der Waals surface area contributed by atoms with Crippen LogP contribution in [0.4, 0.5) is 4.39 Å². The highest BCUT2D eigenvalue weighted by molar-refractivity contribution is 6.11. The number of fused-ring (bicyclic) bond motifs is 1. The molecule has 7 heteroatoms. The zero-order valence-corrected chi connectivity index (χ0v) is 13.3. The molecule has 0 aromatic heterocycles. The minimum Gasteiger partial charge on any atom is -0.504 e. The number of aromatic hydroxyl groups is 2. The summed E-state index contributed by atoms with van der Waals surface area (Å²) in [6.45, 7) is 1.82. The molecule has 0 radical (unpaired) electrons. The average Bonchev–Trinajstić information content (AvgIpc) is 3.03. The second kappa shape index (κ2) is 6.43. The monoisotopic (exact) mass is 346 g/mol. The molecule has 1 heterocycles. The van der Waals surface area contributed by atoms with Crippen molar-refractivity contribution < 1.29 is 33.7 Å². The van der Waals surface area contributed by atoms with Crippen molar-refractivity contribution in [2.24, 2.45) is 0 Å². The molecule has 1 unspecified atom stereocenters. The van der Waals surface area contributed by atoms with Crippen LogP contribution in [0.2, 0.25) is 0 Å². The number of phenols is 2. The van der Waals surface area contributed by atoms with Gasteiger partial charge in [-0.15, -0.1) is 0 Å². The van der Waals surface area contributed by atoms with Crippen LogP contribution in [0.1, 0.15) is 28.4 Å². The largest absolute Gasteiger partial charge is 0.504 e. The summed E-state index contributed by atoms with van der Waals surface area (Å²) in [5, 5.41) is 20.2. The van der Waals surface area contributed by atoms with Gasteiger partial charge in [0.05, 0.1) is 17.7 Å². The SMILES string of the molecule is CCOC(=O)C1Cc2cc(C(=O)c3ccccc3F)c(O)c(O)c2O1. The molecule has 130 valence electrons. The maximum atomic E-state index is 13.8. The highest BCUT2D eigenvalue weighted by Gasteiger charge is 2.35. The summed E-state index contributed by atoms with van der Waals surface area (Å²) in [5.41, 5.74) is -0.152. The van der Waals surface area contributed by atoms with E-state index < -0.39 is 35.2 Å². The Morgan fingerprint density at radius 2 is 1.96 bits per heavy atom. The molecule has 2 N–H and O–H groups in total. The average molecular weight is 346 g/mol. The van der Waals surface area contributed by atoms with Gasteiger partial charge in [-0.05, 0) is 25.1 Å². The van der Waals surface area contributed by atoms with E-state index in [1.807, 2.05) is 0 Å². The number of ketones is 1. The number of esters is 1. The van der Waals surface area contributed by atoms with Crippen LogP contribution in [0.3, 0.4) is 0 Å². The molecule has 2 aromatic carbocycles. The Balaban J connectivity index is 1.99. The number of hydrogen-bond donors (Lipinski definition) is 2. The van der Waals surface area contributed by atoms with Crippen LogP contribution in [0, 0.1) is 5.82 Å². The fraction of sp³-hybridized carbons (Fsp3) is 0.222. The Bertz CT molecular complexity index is 861. The first-order valence-electron chi connectivity index (χ1n) is 7.64. The predicted octanol–water partition coefficient (Wildman–Crippen LogP) is 2.33. The van der Waals surface area contributed by atoms with Crippen molar-refractivity contribution in [1.82, 2.24) is 0 Å². The first kappa shape index (κ1) is 16.8. The second-order valence-corrected chi connectivity index (χ2v) is 5.48. The second-order valence-electron chi connectivity index (χ2n) is 5.48. The van der Waals surface area contributed by atoms with Gasteiger partial charge in [0, 0.05) is 12.0 Å². The third-order valence-electron chi connectivity index (χ3n) is 3.88. The van der Waals surface area contributed by atoms with Gasteiger partial charge < -0.3 is 19.7 Å². The maximum Gasteiger partial charge on any atom is 0.347 e. The molecule has 0 spiro atoms. The summed E-state index contributed by atoms with van der Waals surface area (Å²) in [7, 11) is 0. The number of halogens is 1. The van der Waals surface area contributed by atoms with E-state index in [-0.39, 0.29) is 29.9 Å². The van der Waals surface area contributed by atoms with Crippen LogP contribution in [0.15, 0.2) is 30.3 Å². The predicted molar refractivity (Wildman–Crippen MR) is 84.4 cm³/mol. The van der Waals surface area contributed by atoms with Crippen LogP contribution < -0.4 is 4.74 Å². The van der Waals surface area contributed by atoms with E-state index in [1.165, 1.54) is 24.3 Å². The minimum atomic E-state index is -0.973. The summed E-state index contributed by atoms with van der Waals surface area (Å²) in [4.78, 5) is 24.3. The van der Waals surface area contributed by atoms with Gasteiger partial charge in [-0.3, -0.25) is 4.79 Å². The van der Waals surface area contributed by atoms with E-state index in [9.17, 15) is 24.2 Å². The smallest absolute Gasteiger partial charge is 0.347 e. The Kier molecular flexibility index (Phi) is 4.31. The molecular weight excluding hydrogens is 331 g/mol. The molecule has 3 rings (SSSR count). The molecule has 1 aliphatic heterocycles. The van der Waals surface area contributed by atoms with Crippen molar-refractivity contribution in [3.05, 3.63) is 52.8 Å². The number of benzene rings is 2. The van der Waals surface area contributed by atoms with Crippen LogP contribution in [0.5, 0.6) is 17.2 Å². The van der Waals surface area contributed by atoms with E-state index in [0.29, 0.717) is 5.56 Å². The Labute approximate surface area is 142 Å². The zero-order chi connectivity index (χ0) is 18.1. The quantitative estimate of drug-likeness (QED) is 0.501. The van der Waals surface area contributed by atoms with Crippen LogP contribution >= 0.6 is 0 Å². The summed E-state index contributed by atoms with van der Waals surface area (Å²) < 4.78 is 24.0. The van der Waals surface area contributed by atoms with Gasteiger partial charge in [-0.2, -0.15) is 0 Å². The number of phenolic OH excluding ortho intramolecular Hbond substituents is 2. The third kappa shape index (κ3) is 2.88.